The van der Waals surface area contributed by atoms with Crippen LogP contribution in [0.4, 0.5) is 5.69 Å². The Hall–Kier alpha value is -1.64. The molecule has 0 saturated carbocycles. The first-order valence-electron chi connectivity index (χ1n) is 7.43. The van der Waals surface area contributed by atoms with Gasteiger partial charge in [0.2, 0.25) is 5.88 Å². The lowest BCUT2D eigenvalue weighted by Gasteiger charge is -2.28. The maximum atomic E-state index is 5.85. The number of hydrogen-bond donors (Lipinski definition) is 0. The lowest BCUT2D eigenvalue weighted by atomic mass is 10.0. The monoisotopic (exact) mass is 272 g/mol. The summed E-state index contributed by atoms with van der Waals surface area (Å²) in [5.41, 5.74) is 5.32. The van der Waals surface area contributed by atoms with E-state index in [-0.39, 0.29) is 0 Å². The minimum absolute atomic E-state index is 0.498. The van der Waals surface area contributed by atoms with Crippen LogP contribution >= 0.6 is 0 Å². The molecule has 1 fully saturated rings. The predicted molar refractivity (Wildman–Crippen MR) is 82.5 cm³/mol. The van der Waals surface area contributed by atoms with Crippen molar-refractivity contribution in [3.8, 4) is 0 Å². The molecule has 0 aromatic heterocycles. The molecule has 0 bridgehead atoms. The number of rotatable bonds is 2. The Labute approximate surface area is 121 Å². The molecule has 1 aromatic carbocycles. The van der Waals surface area contributed by atoms with Gasteiger partial charge in [-0.25, -0.2) is 0 Å². The summed E-state index contributed by atoms with van der Waals surface area (Å²) in [6, 6.07) is 5.01. The predicted octanol–water partition coefficient (Wildman–Crippen LogP) is 3.55. The molecule has 3 nitrogen and oxygen atoms in total. The summed E-state index contributed by atoms with van der Waals surface area (Å²) in [5, 5.41) is 0. The van der Waals surface area contributed by atoms with Crippen molar-refractivity contribution in [3.63, 3.8) is 0 Å². The van der Waals surface area contributed by atoms with Gasteiger partial charge in [-0.1, -0.05) is 31.5 Å². The minimum atomic E-state index is 0.498. The molecule has 1 saturated heterocycles. The van der Waals surface area contributed by atoms with Crippen molar-refractivity contribution < 1.29 is 4.74 Å². The molecule has 2 aliphatic rings. The van der Waals surface area contributed by atoms with Gasteiger partial charge in [0.25, 0.3) is 0 Å². The summed E-state index contributed by atoms with van der Waals surface area (Å²) in [6.07, 6.45) is 2.16. The Morgan fingerprint density at radius 3 is 2.40 bits per heavy atom. The summed E-state index contributed by atoms with van der Waals surface area (Å²) >= 11 is 0. The zero-order valence-electron chi connectivity index (χ0n) is 13.1. The number of benzene rings is 1. The van der Waals surface area contributed by atoms with Gasteiger partial charge in [-0.3, -0.25) is 0 Å². The Morgan fingerprint density at radius 2 is 1.80 bits per heavy atom. The fraction of sp³-hybridized carbons (Fsp3) is 0.529. The SMILES string of the molecule is Cc1cc(C)c(N2C=C3OC[C@H](C(C)C)N3C2)c(C)c1. The molecule has 0 amide bonds. The van der Waals surface area contributed by atoms with Crippen molar-refractivity contribution in [3.05, 3.63) is 40.9 Å². The van der Waals surface area contributed by atoms with E-state index in [1.807, 2.05) is 0 Å². The zero-order chi connectivity index (χ0) is 14.4. The average molecular weight is 272 g/mol. The van der Waals surface area contributed by atoms with E-state index < -0.39 is 0 Å². The van der Waals surface area contributed by atoms with E-state index in [4.69, 9.17) is 4.74 Å². The molecule has 20 heavy (non-hydrogen) atoms. The highest BCUT2D eigenvalue weighted by atomic mass is 16.5. The summed E-state index contributed by atoms with van der Waals surface area (Å²) < 4.78 is 5.85. The van der Waals surface area contributed by atoms with Crippen LogP contribution in [0.2, 0.25) is 0 Å². The van der Waals surface area contributed by atoms with Crippen LogP contribution in [0.25, 0.3) is 0 Å². The second-order valence-electron chi connectivity index (χ2n) is 6.42. The summed E-state index contributed by atoms with van der Waals surface area (Å²) in [7, 11) is 0. The van der Waals surface area contributed by atoms with Gasteiger partial charge in [-0.05, 0) is 37.8 Å². The molecule has 0 radical (unpaired) electrons. The molecule has 1 aromatic rings. The third-order valence-electron chi connectivity index (χ3n) is 4.35. The molecule has 0 aliphatic carbocycles. The quantitative estimate of drug-likeness (QED) is 0.819. The fourth-order valence-electron chi connectivity index (χ4n) is 3.44. The van der Waals surface area contributed by atoms with E-state index >= 15 is 0 Å². The Kier molecular flexibility index (Phi) is 3.15. The second kappa shape index (κ2) is 4.72. The van der Waals surface area contributed by atoms with Crippen LogP contribution in [0.3, 0.4) is 0 Å². The molecule has 2 aliphatic heterocycles. The van der Waals surface area contributed by atoms with Crippen molar-refractivity contribution in [2.45, 2.75) is 40.7 Å². The van der Waals surface area contributed by atoms with Crippen LogP contribution in [0.5, 0.6) is 0 Å². The summed E-state index contributed by atoms with van der Waals surface area (Å²) in [6.45, 7) is 12.8. The van der Waals surface area contributed by atoms with Crippen LogP contribution in [0, 0.1) is 26.7 Å². The normalized spacial score (nSPS) is 21.3. The van der Waals surface area contributed by atoms with E-state index in [1.165, 1.54) is 22.4 Å². The van der Waals surface area contributed by atoms with E-state index in [2.05, 4.69) is 62.8 Å². The van der Waals surface area contributed by atoms with E-state index in [9.17, 15) is 0 Å². The van der Waals surface area contributed by atoms with Crippen molar-refractivity contribution >= 4 is 5.69 Å². The van der Waals surface area contributed by atoms with Crippen LogP contribution in [0.15, 0.2) is 24.2 Å². The molecule has 0 unspecified atom stereocenters. The smallest absolute Gasteiger partial charge is 0.208 e. The molecule has 3 heteroatoms. The van der Waals surface area contributed by atoms with Crippen LogP contribution < -0.4 is 4.90 Å². The van der Waals surface area contributed by atoms with E-state index in [1.54, 1.807) is 0 Å². The summed E-state index contributed by atoms with van der Waals surface area (Å²) in [4.78, 5) is 4.72. The highest BCUT2D eigenvalue weighted by Crippen LogP contribution is 2.35. The molecular weight excluding hydrogens is 248 g/mol. The van der Waals surface area contributed by atoms with Crippen LogP contribution in [-0.4, -0.2) is 24.2 Å². The van der Waals surface area contributed by atoms with Gasteiger partial charge >= 0.3 is 0 Å². The van der Waals surface area contributed by atoms with Crippen LogP contribution in [-0.2, 0) is 4.74 Å². The van der Waals surface area contributed by atoms with Gasteiger partial charge in [0.15, 0.2) is 0 Å². The van der Waals surface area contributed by atoms with Gasteiger partial charge in [0.05, 0.1) is 18.9 Å². The first-order chi connectivity index (χ1) is 9.47. The zero-order valence-corrected chi connectivity index (χ0v) is 13.1. The molecule has 2 heterocycles. The summed E-state index contributed by atoms with van der Waals surface area (Å²) in [5.74, 6) is 1.64. The first kappa shape index (κ1) is 13.3. The maximum Gasteiger partial charge on any atom is 0.208 e. The molecule has 0 N–H and O–H groups in total. The molecule has 0 spiro atoms. The number of fused-ring (bicyclic) bond motifs is 1. The van der Waals surface area contributed by atoms with Crippen molar-refractivity contribution in [1.82, 2.24) is 4.90 Å². The lowest BCUT2D eigenvalue weighted by Crippen LogP contribution is -2.37. The number of hydrogen-bond acceptors (Lipinski definition) is 3. The third kappa shape index (κ3) is 2.05. The van der Waals surface area contributed by atoms with Gasteiger partial charge < -0.3 is 14.5 Å². The van der Waals surface area contributed by atoms with Gasteiger partial charge in [0.1, 0.15) is 6.61 Å². The van der Waals surface area contributed by atoms with Gasteiger partial charge in [-0.15, -0.1) is 0 Å². The molecule has 1 atom stereocenters. The maximum absolute atomic E-state index is 5.85. The highest BCUT2D eigenvalue weighted by molar-refractivity contribution is 5.63. The largest absolute Gasteiger partial charge is 0.476 e. The second-order valence-corrected chi connectivity index (χ2v) is 6.42. The van der Waals surface area contributed by atoms with Gasteiger partial charge in [-0.2, -0.15) is 0 Å². The fourth-order valence-corrected chi connectivity index (χ4v) is 3.44. The molecule has 3 rings (SSSR count). The standard InChI is InChI=1S/C17H24N2O/c1-11(2)15-9-20-16-8-18(10-19(15)16)17-13(4)6-12(3)7-14(17)5/h6-8,11,15H,9-10H2,1-5H3/t15-/m1/s1. The molecule has 108 valence electrons. The van der Waals surface area contributed by atoms with Gasteiger partial charge in [0, 0.05) is 5.69 Å². The third-order valence-corrected chi connectivity index (χ3v) is 4.35. The first-order valence-corrected chi connectivity index (χ1v) is 7.43. The highest BCUT2D eigenvalue weighted by Gasteiger charge is 2.37. The average Bonchev–Trinajstić information content (AvgIpc) is 2.86. The number of ether oxygens (including phenoxy) is 1. The molecular formula is C17H24N2O. The van der Waals surface area contributed by atoms with Crippen molar-refractivity contribution in [2.24, 2.45) is 5.92 Å². The van der Waals surface area contributed by atoms with E-state index in [0.29, 0.717) is 12.0 Å². The Bertz CT molecular complexity index is 539. The Balaban J connectivity index is 1.91. The Morgan fingerprint density at radius 1 is 1.15 bits per heavy atom. The lowest BCUT2D eigenvalue weighted by molar-refractivity contribution is 0.243. The van der Waals surface area contributed by atoms with E-state index in [0.717, 1.165) is 19.2 Å². The number of nitrogens with zero attached hydrogens (tertiary/aromatic N) is 2. The number of anilines is 1. The topological polar surface area (TPSA) is 15.7 Å². The van der Waals surface area contributed by atoms with Crippen LogP contribution in [0.1, 0.15) is 30.5 Å². The van der Waals surface area contributed by atoms with Crippen molar-refractivity contribution in [2.75, 3.05) is 18.2 Å². The minimum Gasteiger partial charge on any atom is -0.476 e. The van der Waals surface area contributed by atoms with Crippen molar-refractivity contribution in [1.29, 1.82) is 0 Å². The number of aryl methyl sites for hydroxylation is 3.